The molecule has 0 aliphatic carbocycles. The Morgan fingerprint density at radius 3 is 2.83 bits per heavy atom. The second kappa shape index (κ2) is 7.68. The SMILES string of the molecule is CN=N/C(=C(\C)CCOC)c1nc(-c2cc(F)ccc2F)no1. The molecule has 0 bridgehead atoms. The monoisotopic (exact) mass is 322 g/mol. The summed E-state index contributed by atoms with van der Waals surface area (Å²) in [4.78, 5) is 4.09. The van der Waals surface area contributed by atoms with Crippen LogP contribution in [-0.4, -0.2) is 30.9 Å². The zero-order valence-corrected chi connectivity index (χ0v) is 13.0. The summed E-state index contributed by atoms with van der Waals surface area (Å²) in [5.41, 5.74) is 1.13. The minimum absolute atomic E-state index is 0.0552. The van der Waals surface area contributed by atoms with Crippen molar-refractivity contribution in [2.24, 2.45) is 10.2 Å². The van der Waals surface area contributed by atoms with Crippen LogP contribution >= 0.6 is 0 Å². The Morgan fingerprint density at radius 1 is 1.35 bits per heavy atom. The lowest BCUT2D eigenvalue weighted by Crippen LogP contribution is -1.94. The van der Waals surface area contributed by atoms with Gasteiger partial charge < -0.3 is 9.26 Å². The van der Waals surface area contributed by atoms with Gasteiger partial charge in [-0.3, -0.25) is 0 Å². The average Bonchev–Trinajstić information content (AvgIpc) is 3.02. The summed E-state index contributed by atoms with van der Waals surface area (Å²) in [6.45, 7) is 2.32. The molecule has 23 heavy (non-hydrogen) atoms. The van der Waals surface area contributed by atoms with E-state index in [-0.39, 0.29) is 17.3 Å². The fraction of sp³-hybridized carbons (Fsp3) is 0.333. The van der Waals surface area contributed by atoms with Crippen molar-refractivity contribution in [1.82, 2.24) is 10.1 Å². The maximum atomic E-state index is 13.8. The molecule has 0 saturated carbocycles. The lowest BCUT2D eigenvalue weighted by Gasteiger charge is -2.02. The second-order valence-corrected chi connectivity index (χ2v) is 4.72. The smallest absolute Gasteiger partial charge is 0.278 e. The molecule has 1 aromatic carbocycles. The number of hydrogen-bond acceptors (Lipinski definition) is 6. The number of methoxy groups -OCH3 is 1. The molecule has 0 spiro atoms. The van der Waals surface area contributed by atoms with Gasteiger partial charge in [0.25, 0.3) is 5.89 Å². The van der Waals surface area contributed by atoms with Gasteiger partial charge in [-0.25, -0.2) is 8.78 Å². The summed E-state index contributed by atoms with van der Waals surface area (Å²) in [6.07, 6.45) is 0.594. The van der Waals surface area contributed by atoms with E-state index in [1.54, 1.807) is 7.11 Å². The quantitative estimate of drug-likeness (QED) is 0.757. The first-order chi connectivity index (χ1) is 11.1. The molecule has 8 heteroatoms. The van der Waals surface area contributed by atoms with E-state index in [1.165, 1.54) is 7.05 Å². The van der Waals surface area contributed by atoms with E-state index in [9.17, 15) is 8.78 Å². The highest BCUT2D eigenvalue weighted by Crippen LogP contribution is 2.26. The van der Waals surface area contributed by atoms with Crippen molar-refractivity contribution in [2.75, 3.05) is 20.8 Å². The largest absolute Gasteiger partial charge is 0.384 e. The second-order valence-electron chi connectivity index (χ2n) is 4.72. The van der Waals surface area contributed by atoms with Gasteiger partial charge in [0.2, 0.25) is 5.82 Å². The van der Waals surface area contributed by atoms with E-state index in [1.807, 2.05) is 6.92 Å². The summed E-state index contributed by atoms with van der Waals surface area (Å²) >= 11 is 0. The molecule has 6 nitrogen and oxygen atoms in total. The van der Waals surface area contributed by atoms with Crippen molar-refractivity contribution in [2.45, 2.75) is 13.3 Å². The number of rotatable bonds is 6. The van der Waals surface area contributed by atoms with Crippen LogP contribution in [0.25, 0.3) is 17.1 Å². The van der Waals surface area contributed by atoms with E-state index in [0.29, 0.717) is 18.7 Å². The fourth-order valence-corrected chi connectivity index (χ4v) is 1.88. The van der Waals surface area contributed by atoms with E-state index in [2.05, 4.69) is 20.4 Å². The van der Waals surface area contributed by atoms with Crippen LogP contribution in [0.3, 0.4) is 0 Å². The van der Waals surface area contributed by atoms with Crippen molar-refractivity contribution in [3.8, 4) is 11.4 Å². The van der Waals surface area contributed by atoms with Gasteiger partial charge in [-0.2, -0.15) is 15.2 Å². The topological polar surface area (TPSA) is 72.9 Å². The molecular weight excluding hydrogens is 306 g/mol. The Kier molecular flexibility index (Phi) is 5.64. The van der Waals surface area contributed by atoms with Crippen LogP contribution in [0, 0.1) is 11.6 Å². The van der Waals surface area contributed by atoms with Crippen LogP contribution in [0.15, 0.2) is 38.5 Å². The summed E-state index contributed by atoms with van der Waals surface area (Å²) in [6, 6.07) is 3.03. The number of halogens is 2. The Balaban J connectivity index is 2.41. The van der Waals surface area contributed by atoms with Crippen molar-refractivity contribution in [3.63, 3.8) is 0 Å². The molecule has 0 unspecified atom stereocenters. The summed E-state index contributed by atoms with van der Waals surface area (Å²) in [5, 5.41) is 11.4. The molecule has 2 aromatic rings. The Morgan fingerprint density at radius 2 is 2.13 bits per heavy atom. The molecule has 0 aliphatic heterocycles. The highest BCUT2D eigenvalue weighted by molar-refractivity contribution is 5.63. The number of aromatic nitrogens is 2. The third kappa shape index (κ3) is 4.04. The normalized spacial score (nSPS) is 12.7. The molecule has 0 amide bonds. The Bertz CT molecular complexity index is 741. The number of benzene rings is 1. The van der Waals surface area contributed by atoms with Gasteiger partial charge in [-0.1, -0.05) is 5.16 Å². The Labute approximate surface area is 131 Å². The van der Waals surface area contributed by atoms with Gasteiger partial charge in [0.1, 0.15) is 17.3 Å². The predicted octanol–water partition coefficient (Wildman–Crippen LogP) is 3.86. The van der Waals surface area contributed by atoms with Crippen LogP contribution in [0.2, 0.25) is 0 Å². The highest BCUT2D eigenvalue weighted by Gasteiger charge is 2.18. The van der Waals surface area contributed by atoms with Gasteiger partial charge >= 0.3 is 0 Å². The molecule has 0 N–H and O–H groups in total. The van der Waals surface area contributed by atoms with E-state index in [4.69, 9.17) is 9.26 Å². The maximum Gasteiger partial charge on any atom is 0.278 e. The number of ether oxygens (including phenoxy) is 1. The minimum Gasteiger partial charge on any atom is -0.384 e. The molecule has 0 radical (unpaired) electrons. The highest BCUT2D eigenvalue weighted by atomic mass is 19.1. The summed E-state index contributed by atoms with van der Waals surface area (Å²) < 4.78 is 37.2. The van der Waals surface area contributed by atoms with Crippen LogP contribution in [-0.2, 0) is 4.74 Å². The molecule has 0 fully saturated rings. The molecule has 0 saturated heterocycles. The van der Waals surface area contributed by atoms with E-state index in [0.717, 1.165) is 23.8 Å². The summed E-state index contributed by atoms with van der Waals surface area (Å²) in [5.74, 6) is -1.20. The third-order valence-corrected chi connectivity index (χ3v) is 3.08. The lowest BCUT2D eigenvalue weighted by atomic mass is 10.1. The van der Waals surface area contributed by atoms with Crippen molar-refractivity contribution < 1.29 is 18.0 Å². The van der Waals surface area contributed by atoms with Crippen molar-refractivity contribution in [3.05, 3.63) is 41.3 Å². The third-order valence-electron chi connectivity index (χ3n) is 3.08. The van der Waals surface area contributed by atoms with Crippen LogP contribution < -0.4 is 0 Å². The first-order valence-electron chi connectivity index (χ1n) is 6.84. The van der Waals surface area contributed by atoms with Crippen molar-refractivity contribution in [1.29, 1.82) is 0 Å². The van der Waals surface area contributed by atoms with Gasteiger partial charge in [0.05, 0.1) is 5.56 Å². The maximum absolute atomic E-state index is 13.8. The van der Waals surface area contributed by atoms with E-state index >= 15 is 0 Å². The van der Waals surface area contributed by atoms with Gasteiger partial charge in [-0.05, 0) is 37.1 Å². The molecule has 1 aromatic heterocycles. The van der Waals surface area contributed by atoms with Gasteiger partial charge in [-0.15, -0.1) is 0 Å². The zero-order chi connectivity index (χ0) is 16.8. The molecule has 1 heterocycles. The number of nitrogens with zero attached hydrogens (tertiary/aromatic N) is 4. The van der Waals surface area contributed by atoms with Gasteiger partial charge in [0, 0.05) is 20.8 Å². The molecule has 0 aliphatic rings. The van der Waals surface area contributed by atoms with Crippen molar-refractivity contribution >= 4 is 5.70 Å². The zero-order valence-electron chi connectivity index (χ0n) is 13.0. The van der Waals surface area contributed by atoms with Crippen LogP contribution in [0.1, 0.15) is 19.2 Å². The average molecular weight is 322 g/mol. The molecule has 0 atom stereocenters. The molecule has 2 rings (SSSR count). The lowest BCUT2D eigenvalue weighted by molar-refractivity contribution is 0.202. The predicted molar refractivity (Wildman–Crippen MR) is 79.5 cm³/mol. The minimum atomic E-state index is -0.641. The molecular formula is C15H16F2N4O2. The van der Waals surface area contributed by atoms with Crippen LogP contribution in [0.4, 0.5) is 8.78 Å². The Hall–Kier alpha value is -2.48. The number of hydrogen-bond donors (Lipinski definition) is 0. The first kappa shape index (κ1) is 16.9. The van der Waals surface area contributed by atoms with Gasteiger partial charge in [0.15, 0.2) is 0 Å². The van der Waals surface area contributed by atoms with Crippen LogP contribution in [0.5, 0.6) is 0 Å². The van der Waals surface area contributed by atoms with E-state index < -0.39 is 11.6 Å². The molecule has 122 valence electrons. The number of azo groups is 1. The summed E-state index contributed by atoms with van der Waals surface area (Å²) in [7, 11) is 3.10. The first-order valence-corrected chi connectivity index (χ1v) is 6.84. The standard InChI is InChI=1S/C15H16F2N4O2/c1-9(6-7-22-3)13(20-18-2)15-19-14(21-23-15)11-8-10(16)4-5-12(11)17/h4-5,8H,6-7H2,1-3H3/b13-9+,20-18?. The fourth-order valence-electron chi connectivity index (χ4n) is 1.88.